The van der Waals surface area contributed by atoms with Crippen LogP contribution in [-0.2, 0) is 4.79 Å². The number of amides is 2. The number of hydrogen-bond acceptors (Lipinski definition) is 3. The summed E-state index contributed by atoms with van der Waals surface area (Å²) in [5.74, 6) is 0.0816. The van der Waals surface area contributed by atoms with Gasteiger partial charge in [-0.1, -0.05) is 18.9 Å². The van der Waals surface area contributed by atoms with E-state index < -0.39 is 0 Å². The first-order valence-corrected chi connectivity index (χ1v) is 8.05. The van der Waals surface area contributed by atoms with Crippen LogP contribution in [0, 0.1) is 5.92 Å². The van der Waals surface area contributed by atoms with E-state index in [2.05, 4.69) is 10.6 Å². The van der Waals surface area contributed by atoms with Gasteiger partial charge in [0.2, 0.25) is 5.91 Å². The Morgan fingerprint density at radius 1 is 1.22 bits per heavy atom. The number of carbonyl (C=O) groups is 2. The van der Waals surface area contributed by atoms with E-state index >= 15 is 0 Å². The Balaban J connectivity index is 0.00000192. The number of rotatable bonds is 5. The normalized spacial score (nSPS) is 18.8. The lowest BCUT2D eigenvalue weighted by Crippen LogP contribution is -2.51. The van der Waals surface area contributed by atoms with Crippen molar-refractivity contribution in [1.82, 2.24) is 5.32 Å². The van der Waals surface area contributed by atoms with Crippen LogP contribution in [0.25, 0.3) is 0 Å². The van der Waals surface area contributed by atoms with Crippen molar-refractivity contribution in [3.05, 3.63) is 29.8 Å². The first kappa shape index (κ1) is 17.8. The molecule has 1 aromatic rings. The van der Waals surface area contributed by atoms with E-state index in [1.54, 1.807) is 18.2 Å². The van der Waals surface area contributed by atoms with Crippen LogP contribution in [0.4, 0.5) is 5.69 Å². The third kappa shape index (κ3) is 4.24. The van der Waals surface area contributed by atoms with Crippen LogP contribution >= 0.6 is 12.4 Å². The summed E-state index contributed by atoms with van der Waals surface area (Å²) in [5, 5.41) is 5.97. The van der Waals surface area contributed by atoms with Gasteiger partial charge in [-0.3, -0.25) is 9.59 Å². The van der Waals surface area contributed by atoms with Crippen molar-refractivity contribution in [3.8, 4) is 0 Å². The van der Waals surface area contributed by atoms with Gasteiger partial charge in [0.05, 0.1) is 5.54 Å². The molecule has 0 saturated heterocycles. The summed E-state index contributed by atoms with van der Waals surface area (Å²) in [6.45, 7) is 0.469. The molecular weight excluding hydrogens is 314 g/mol. The van der Waals surface area contributed by atoms with E-state index in [9.17, 15) is 9.59 Å². The number of hydrogen-bond donors (Lipinski definition) is 3. The lowest BCUT2D eigenvalue weighted by molar-refractivity contribution is -0.117. The van der Waals surface area contributed by atoms with Gasteiger partial charge < -0.3 is 16.4 Å². The number of carbonyl (C=O) groups excluding carboxylic acids is 2. The maximum Gasteiger partial charge on any atom is 0.251 e. The van der Waals surface area contributed by atoms with Crippen LogP contribution in [-0.4, -0.2) is 23.9 Å². The van der Waals surface area contributed by atoms with E-state index in [1.807, 2.05) is 6.07 Å². The van der Waals surface area contributed by atoms with Crippen molar-refractivity contribution in [1.29, 1.82) is 0 Å². The highest BCUT2D eigenvalue weighted by Crippen LogP contribution is 2.31. The molecule has 0 aromatic heterocycles. The highest BCUT2D eigenvalue weighted by molar-refractivity contribution is 5.98. The number of nitrogens with one attached hydrogen (secondary N) is 2. The van der Waals surface area contributed by atoms with Crippen molar-refractivity contribution >= 4 is 29.9 Å². The minimum absolute atomic E-state index is 0. The number of halogens is 1. The quantitative estimate of drug-likeness (QED) is 0.771. The molecule has 5 nitrogen and oxygen atoms in total. The summed E-state index contributed by atoms with van der Waals surface area (Å²) < 4.78 is 0. The Kier molecular flexibility index (Phi) is 5.65. The molecule has 2 aliphatic carbocycles. The average molecular weight is 338 g/mol. The summed E-state index contributed by atoms with van der Waals surface area (Å²) in [7, 11) is 0. The molecule has 0 heterocycles. The standard InChI is InChI=1S/C17H23N3O2.ClH/c18-11-17(8-1-2-9-17)20-16(22)13-4-3-5-14(10-13)19-15(21)12-6-7-12;/h3-5,10,12H,1-2,6-9,11,18H2,(H,19,21)(H,20,22);1H. The molecule has 0 bridgehead atoms. The monoisotopic (exact) mass is 337 g/mol. The van der Waals surface area contributed by atoms with Crippen LogP contribution in [0.1, 0.15) is 48.9 Å². The summed E-state index contributed by atoms with van der Waals surface area (Å²) in [4.78, 5) is 24.3. The topological polar surface area (TPSA) is 84.2 Å². The fraction of sp³-hybridized carbons (Fsp3) is 0.529. The van der Waals surface area contributed by atoms with Crippen molar-refractivity contribution in [3.63, 3.8) is 0 Å². The maximum atomic E-state index is 12.5. The molecule has 2 saturated carbocycles. The molecule has 0 aliphatic heterocycles. The molecule has 2 amide bonds. The second-order valence-corrected chi connectivity index (χ2v) is 6.49. The van der Waals surface area contributed by atoms with Crippen molar-refractivity contribution < 1.29 is 9.59 Å². The molecule has 0 atom stereocenters. The van der Waals surface area contributed by atoms with Gasteiger partial charge in [-0.2, -0.15) is 0 Å². The summed E-state index contributed by atoms with van der Waals surface area (Å²) in [6.07, 6.45) is 6.01. The molecule has 23 heavy (non-hydrogen) atoms. The van der Waals surface area contributed by atoms with E-state index in [1.165, 1.54) is 0 Å². The average Bonchev–Trinajstić information content (AvgIpc) is 3.28. The molecule has 6 heteroatoms. The molecule has 0 radical (unpaired) electrons. The van der Waals surface area contributed by atoms with E-state index in [-0.39, 0.29) is 35.7 Å². The molecule has 4 N–H and O–H groups in total. The Labute approximate surface area is 142 Å². The molecule has 3 rings (SSSR count). The highest BCUT2D eigenvalue weighted by Gasteiger charge is 2.34. The number of benzene rings is 1. The minimum Gasteiger partial charge on any atom is -0.345 e. The van der Waals surface area contributed by atoms with Crippen LogP contribution in [0.5, 0.6) is 0 Å². The van der Waals surface area contributed by atoms with Crippen LogP contribution < -0.4 is 16.4 Å². The molecular formula is C17H24ClN3O2. The van der Waals surface area contributed by atoms with Crippen molar-refractivity contribution in [2.45, 2.75) is 44.1 Å². The third-order valence-electron chi connectivity index (χ3n) is 4.67. The lowest BCUT2D eigenvalue weighted by atomic mass is 9.97. The summed E-state index contributed by atoms with van der Waals surface area (Å²) in [5.41, 5.74) is 6.84. The van der Waals surface area contributed by atoms with Gasteiger partial charge in [-0.05, 0) is 43.9 Å². The van der Waals surface area contributed by atoms with Crippen LogP contribution in [0.15, 0.2) is 24.3 Å². The Hall–Kier alpha value is -1.59. The Bertz CT molecular complexity index is 581. The number of nitrogens with two attached hydrogens (primary N) is 1. The van der Waals surface area contributed by atoms with Crippen molar-refractivity contribution in [2.24, 2.45) is 11.7 Å². The molecule has 1 aromatic carbocycles. The Morgan fingerprint density at radius 3 is 2.52 bits per heavy atom. The van der Waals surface area contributed by atoms with Gasteiger partial charge >= 0.3 is 0 Å². The minimum atomic E-state index is -0.260. The summed E-state index contributed by atoms with van der Waals surface area (Å²) in [6, 6.07) is 7.10. The van der Waals surface area contributed by atoms with Gasteiger partial charge in [-0.25, -0.2) is 0 Å². The van der Waals surface area contributed by atoms with Gasteiger partial charge in [0.1, 0.15) is 0 Å². The first-order chi connectivity index (χ1) is 10.6. The zero-order valence-electron chi connectivity index (χ0n) is 13.1. The molecule has 0 spiro atoms. The second kappa shape index (κ2) is 7.32. The zero-order valence-corrected chi connectivity index (χ0v) is 14.0. The van der Waals surface area contributed by atoms with E-state index in [0.717, 1.165) is 38.5 Å². The van der Waals surface area contributed by atoms with Gasteiger partial charge in [-0.15, -0.1) is 12.4 Å². The van der Waals surface area contributed by atoms with Crippen LogP contribution in [0.3, 0.4) is 0 Å². The molecule has 126 valence electrons. The smallest absolute Gasteiger partial charge is 0.251 e. The predicted octanol–water partition coefficient (Wildman–Crippen LogP) is 2.46. The van der Waals surface area contributed by atoms with Gasteiger partial charge in [0.25, 0.3) is 5.91 Å². The van der Waals surface area contributed by atoms with Gasteiger partial charge in [0, 0.05) is 23.7 Å². The molecule has 2 aliphatic rings. The first-order valence-electron chi connectivity index (χ1n) is 8.05. The lowest BCUT2D eigenvalue weighted by Gasteiger charge is -2.28. The van der Waals surface area contributed by atoms with Crippen molar-refractivity contribution in [2.75, 3.05) is 11.9 Å². The third-order valence-corrected chi connectivity index (χ3v) is 4.67. The SMILES string of the molecule is Cl.NCC1(NC(=O)c2cccc(NC(=O)C3CC3)c2)CCCC1. The second-order valence-electron chi connectivity index (χ2n) is 6.49. The highest BCUT2D eigenvalue weighted by atomic mass is 35.5. The predicted molar refractivity (Wildman–Crippen MR) is 92.8 cm³/mol. The van der Waals surface area contributed by atoms with E-state index in [4.69, 9.17) is 5.73 Å². The largest absolute Gasteiger partial charge is 0.345 e. The fourth-order valence-electron chi connectivity index (χ4n) is 3.07. The van der Waals surface area contributed by atoms with E-state index in [0.29, 0.717) is 17.8 Å². The molecule has 2 fully saturated rings. The Morgan fingerprint density at radius 2 is 1.91 bits per heavy atom. The fourth-order valence-corrected chi connectivity index (χ4v) is 3.07. The molecule has 0 unspecified atom stereocenters. The summed E-state index contributed by atoms with van der Waals surface area (Å²) >= 11 is 0. The zero-order chi connectivity index (χ0) is 15.6. The number of anilines is 1. The maximum absolute atomic E-state index is 12.5. The van der Waals surface area contributed by atoms with Gasteiger partial charge in [0.15, 0.2) is 0 Å². The van der Waals surface area contributed by atoms with Crippen LogP contribution in [0.2, 0.25) is 0 Å².